The highest BCUT2D eigenvalue weighted by Gasteiger charge is 2.08. The third-order valence-electron chi connectivity index (χ3n) is 2.25. The van der Waals surface area contributed by atoms with Gasteiger partial charge < -0.3 is 11.1 Å². The number of aryl methyl sites for hydroxylation is 1. The first-order valence-electron chi connectivity index (χ1n) is 4.98. The molecule has 0 aliphatic carbocycles. The summed E-state index contributed by atoms with van der Waals surface area (Å²) in [4.78, 5) is 7.96. The third kappa shape index (κ3) is 2.77. The predicted octanol–water partition coefficient (Wildman–Crippen LogP) is 4.07. The number of nitrogens with zero attached hydrogens (tertiary/aromatic N) is 2. The van der Waals surface area contributed by atoms with Crippen LogP contribution >= 0.6 is 34.8 Å². The molecule has 0 saturated heterocycles. The second-order valence-corrected chi connectivity index (χ2v) is 4.85. The normalized spacial score (nSPS) is 10.4. The maximum absolute atomic E-state index is 6.06. The van der Waals surface area contributed by atoms with Gasteiger partial charge in [0.05, 0.1) is 20.8 Å². The predicted molar refractivity (Wildman–Crippen MR) is 75.9 cm³/mol. The molecule has 0 spiro atoms. The Balaban J connectivity index is 2.40. The van der Waals surface area contributed by atoms with Crippen molar-refractivity contribution in [2.75, 3.05) is 11.1 Å². The molecule has 1 aromatic heterocycles. The molecular weight excluding hydrogens is 295 g/mol. The van der Waals surface area contributed by atoms with Crippen molar-refractivity contribution in [3.8, 4) is 0 Å². The number of halogens is 3. The highest BCUT2D eigenvalue weighted by atomic mass is 35.5. The van der Waals surface area contributed by atoms with Crippen LogP contribution in [0.25, 0.3) is 0 Å². The van der Waals surface area contributed by atoms with Gasteiger partial charge in [-0.15, -0.1) is 0 Å². The van der Waals surface area contributed by atoms with Gasteiger partial charge >= 0.3 is 0 Å². The number of hydrogen-bond donors (Lipinski definition) is 2. The minimum absolute atomic E-state index is 0.180. The summed E-state index contributed by atoms with van der Waals surface area (Å²) in [5, 5.41) is 4.29. The van der Waals surface area contributed by atoms with Gasteiger partial charge in [-0.2, -0.15) is 4.98 Å². The first-order chi connectivity index (χ1) is 8.47. The Morgan fingerprint density at radius 3 is 2.50 bits per heavy atom. The van der Waals surface area contributed by atoms with E-state index in [0.29, 0.717) is 26.6 Å². The average molecular weight is 304 g/mol. The summed E-state index contributed by atoms with van der Waals surface area (Å²) < 4.78 is 0. The van der Waals surface area contributed by atoms with Crippen molar-refractivity contribution in [2.24, 2.45) is 0 Å². The summed E-state index contributed by atoms with van der Waals surface area (Å²) in [5.74, 6) is 0.752. The molecule has 94 valence electrons. The highest BCUT2D eigenvalue weighted by Crippen LogP contribution is 2.34. The van der Waals surface area contributed by atoms with E-state index in [4.69, 9.17) is 40.5 Å². The van der Waals surface area contributed by atoms with Crippen molar-refractivity contribution >= 4 is 52.3 Å². The molecule has 7 heteroatoms. The van der Waals surface area contributed by atoms with E-state index >= 15 is 0 Å². The molecule has 3 N–H and O–H groups in total. The van der Waals surface area contributed by atoms with Gasteiger partial charge in [-0.25, -0.2) is 4.98 Å². The third-order valence-corrected chi connectivity index (χ3v) is 3.29. The average Bonchev–Trinajstić information content (AvgIpc) is 2.30. The topological polar surface area (TPSA) is 63.8 Å². The van der Waals surface area contributed by atoms with Crippen molar-refractivity contribution in [2.45, 2.75) is 6.92 Å². The number of rotatable bonds is 2. The maximum atomic E-state index is 6.06. The number of hydrogen-bond acceptors (Lipinski definition) is 4. The lowest BCUT2D eigenvalue weighted by molar-refractivity contribution is 1.15. The number of nitrogens with one attached hydrogen (secondary N) is 1. The zero-order valence-corrected chi connectivity index (χ0v) is 11.6. The Labute approximate surface area is 119 Å². The van der Waals surface area contributed by atoms with Crippen molar-refractivity contribution in [1.29, 1.82) is 0 Å². The Morgan fingerprint density at radius 2 is 1.78 bits per heavy atom. The van der Waals surface area contributed by atoms with Crippen LogP contribution in [0.2, 0.25) is 15.1 Å². The molecule has 1 heterocycles. The number of nitrogens with two attached hydrogens (primary N) is 1. The van der Waals surface area contributed by atoms with E-state index in [1.807, 2.05) is 6.92 Å². The molecule has 18 heavy (non-hydrogen) atoms. The molecular formula is C11H9Cl3N4. The number of anilines is 3. The molecule has 0 unspecified atom stereocenters. The van der Waals surface area contributed by atoms with Crippen LogP contribution < -0.4 is 11.1 Å². The summed E-state index contributed by atoms with van der Waals surface area (Å²) >= 11 is 17.9. The molecule has 0 aliphatic heterocycles. The molecule has 0 saturated carbocycles. The Hall–Kier alpha value is -1.23. The van der Waals surface area contributed by atoms with Crippen LogP contribution in [0.15, 0.2) is 18.3 Å². The Morgan fingerprint density at radius 1 is 1.11 bits per heavy atom. The zero-order chi connectivity index (χ0) is 13.3. The second-order valence-electron chi connectivity index (χ2n) is 3.63. The lowest BCUT2D eigenvalue weighted by Crippen LogP contribution is -2.02. The molecule has 2 rings (SSSR count). The summed E-state index contributed by atoms with van der Waals surface area (Å²) in [6.07, 6.45) is 1.62. The minimum atomic E-state index is 0.180. The first-order valence-corrected chi connectivity index (χ1v) is 6.11. The lowest BCUT2D eigenvalue weighted by atomic mass is 10.3. The first kappa shape index (κ1) is 13.2. The van der Waals surface area contributed by atoms with Crippen molar-refractivity contribution in [3.63, 3.8) is 0 Å². The van der Waals surface area contributed by atoms with Gasteiger partial charge in [-0.3, -0.25) is 0 Å². The largest absolute Gasteiger partial charge is 0.368 e. The SMILES string of the molecule is Cc1cnc(N)nc1Nc1cc(Cl)c(Cl)cc1Cl. The summed E-state index contributed by atoms with van der Waals surface area (Å²) in [6.45, 7) is 1.85. The van der Waals surface area contributed by atoms with Gasteiger partial charge in [0.15, 0.2) is 0 Å². The van der Waals surface area contributed by atoms with Gasteiger partial charge in [-0.1, -0.05) is 34.8 Å². The fourth-order valence-corrected chi connectivity index (χ4v) is 1.92. The molecule has 4 nitrogen and oxygen atoms in total. The van der Waals surface area contributed by atoms with E-state index in [0.717, 1.165) is 5.56 Å². The van der Waals surface area contributed by atoms with Gasteiger partial charge in [0, 0.05) is 11.8 Å². The van der Waals surface area contributed by atoms with E-state index < -0.39 is 0 Å². The smallest absolute Gasteiger partial charge is 0.221 e. The van der Waals surface area contributed by atoms with Crippen molar-refractivity contribution in [3.05, 3.63) is 39.0 Å². The maximum Gasteiger partial charge on any atom is 0.221 e. The molecule has 1 aromatic carbocycles. The molecule has 0 amide bonds. The summed E-state index contributed by atoms with van der Waals surface area (Å²) in [6, 6.07) is 3.19. The molecule has 0 radical (unpaired) electrons. The fourth-order valence-electron chi connectivity index (χ4n) is 1.33. The van der Waals surface area contributed by atoms with E-state index in [1.54, 1.807) is 18.3 Å². The van der Waals surface area contributed by atoms with Gasteiger partial charge in [0.1, 0.15) is 5.82 Å². The zero-order valence-electron chi connectivity index (χ0n) is 9.34. The summed E-state index contributed by atoms with van der Waals surface area (Å²) in [5.41, 5.74) is 6.97. The van der Waals surface area contributed by atoms with Crippen molar-refractivity contribution < 1.29 is 0 Å². The van der Waals surface area contributed by atoms with E-state index in [-0.39, 0.29) is 5.95 Å². The van der Waals surface area contributed by atoms with Gasteiger partial charge in [-0.05, 0) is 19.1 Å². The van der Waals surface area contributed by atoms with E-state index in [9.17, 15) is 0 Å². The van der Waals surface area contributed by atoms with E-state index in [2.05, 4.69) is 15.3 Å². The van der Waals surface area contributed by atoms with Crippen LogP contribution in [0.4, 0.5) is 17.5 Å². The number of benzene rings is 1. The minimum Gasteiger partial charge on any atom is -0.368 e. The molecule has 0 bridgehead atoms. The number of aromatic nitrogens is 2. The second kappa shape index (κ2) is 5.18. The summed E-state index contributed by atoms with van der Waals surface area (Å²) in [7, 11) is 0. The van der Waals surface area contributed by atoms with Crippen LogP contribution in [0.1, 0.15) is 5.56 Å². The van der Waals surface area contributed by atoms with Crippen LogP contribution in [-0.4, -0.2) is 9.97 Å². The quantitative estimate of drug-likeness (QED) is 0.821. The standard InChI is InChI=1S/C11H9Cl3N4/c1-5-4-16-11(15)18-10(5)17-9-3-7(13)6(12)2-8(9)14/h2-4H,1H3,(H3,15,16,17,18). The van der Waals surface area contributed by atoms with Gasteiger partial charge in [0.2, 0.25) is 5.95 Å². The molecule has 0 atom stereocenters. The van der Waals surface area contributed by atoms with Gasteiger partial charge in [0.25, 0.3) is 0 Å². The Bertz CT molecular complexity index is 601. The molecule has 2 aromatic rings. The fraction of sp³-hybridized carbons (Fsp3) is 0.0909. The number of nitrogen functional groups attached to an aromatic ring is 1. The van der Waals surface area contributed by atoms with Crippen molar-refractivity contribution in [1.82, 2.24) is 9.97 Å². The monoisotopic (exact) mass is 302 g/mol. The van der Waals surface area contributed by atoms with Crippen LogP contribution in [0.5, 0.6) is 0 Å². The highest BCUT2D eigenvalue weighted by molar-refractivity contribution is 6.44. The Kier molecular flexibility index (Phi) is 3.80. The van der Waals surface area contributed by atoms with Crippen LogP contribution in [0, 0.1) is 6.92 Å². The molecule has 0 aliphatic rings. The van der Waals surface area contributed by atoms with Crippen LogP contribution in [0.3, 0.4) is 0 Å². The van der Waals surface area contributed by atoms with E-state index in [1.165, 1.54) is 0 Å². The molecule has 0 fully saturated rings. The van der Waals surface area contributed by atoms with Crippen LogP contribution in [-0.2, 0) is 0 Å². The lowest BCUT2D eigenvalue weighted by Gasteiger charge is -2.11.